The Hall–Kier alpha value is -1.30. The quantitative estimate of drug-likeness (QED) is 0.672. The lowest BCUT2D eigenvalue weighted by Crippen LogP contribution is -2.29. The molecule has 5 heteroatoms. The lowest BCUT2D eigenvalue weighted by Gasteiger charge is -2.18. The Morgan fingerprint density at radius 1 is 1.29 bits per heavy atom. The van der Waals surface area contributed by atoms with E-state index in [0.29, 0.717) is 0 Å². The highest BCUT2D eigenvalue weighted by atomic mass is 79.9. The lowest BCUT2D eigenvalue weighted by molar-refractivity contribution is 0.629. The van der Waals surface area contributed by atoms with Crippen LogP contribution >= 0.6 is 15.9 Å². The molecule has 0 radical (unpaired) electrons. The van der Waals surface area contributed by atoms with Gasteiger partial charge in [-0.25, -0.2) is 15.4 Å². The molecule has 0 amide bonds. The van der Waals surface area contributed by atoms with E-state index in [1.54, 1.807) is 12.4 Å². The van der Waals surface area contributed by atoms with Crippen LogP contribution in [0.25, 0.3) is 0 Å². The van der Waals surface area contributed by atoms with E-state index in [2.05, 4.69) is 31.3 Å². The first-order valence-electron chi connectivity index (χ1n) is 5.20. The van der Waals surface area contributed by atoms with E-state index in [1.165, 1.54) is 11.9 Å². The molecule has 3 N–H and O–H groups in total. The van der Waals surface area contributed by atoms with E-state index in [-0.39, 0.29) is 6.04 Å². The van der Waals surface area contributed by atoms with Gasteiger partial charge < -0.3 is 0 Å². The van der Waals surface area contributed by atoms with Crippen molar-refractivity contribution >= 4 is 15.9 Å². The molecule has 0 spiro atoms. The largest absolute Gasteiger partial charge is 0.271 e. The highest BCUT2D eigenvalue weighted by Crippen LogP contribution is 2.29. The van der Waals surface area contributed by atoms with Gasteiger partial charge in [-0.1, -0.05) is 34.1 Å². The van der Waals surface area contributed by atoms with Gasteiger partial charge in [0.25, 0.3) is 0 Å². The van der Waals surface area contributed by atoms with Crippen molar-refractivity contribution in [3.05, 3.63) is 58.1 Å². The second-order valence-electron chi connectivity index (χ2n) is 3.75. The predicted molar refractivity (Wildman–Crippen MR) is 70.1 cm³/mol. The van der Waals surface area contributed by atoms with Gasteiger partial charge in [-0.15, -0.1) is 0 Å². The Kier molecular flexibility index (Phi) is 3.83. The van der Waals surface area contributed by atoms with Crippen LogP contribution < -0.4 is 11.3 Å². The Morgan fingerprint density at radius 2 is 2.00 bits per heavy atom. The molecule has 0 aliphatic rings. The van der Waals surface area contributed by atoms with E-state index >= 15 is 0 Å². The van der Waals surface area contributed by atoms with E-state index in [1.807, 2.05) is 25.1 Å². The number of hydrogen-bond acceptors (Lipinski definition) is 4. The van der Waals surface area contributed by atoms with E-state index in [0.717, 1.165) is 15.6 Å². The summed E-state index contributed by atoms with van der Waals surface area (Å²) in [4.78, 5) is 8.02. The molecule has 0 saturated heterocycles. The standard InChI is InChI=1S/C12H13BrN4/c1-8-3-2-4-10(11(8)13)12(17-14)9-5-15-7-16-6-9/h2-7,12,17H,14H2,1H3. The van der Waals surface area contributed by atoms with Gasteiger partial charge in [-0.3, -0.25) is 5.84 Å². The third kappa shape index (κ3) is 2.52. The van der Waals surface area contributed by atoms with Crippen LogP contribution in [0.15, 0.2) is 41.4 Å². The Bertz CT molecular complexity index is 501. The van der Waals surface area contributed by atoms with Crippen LogP contribution in [0.4, 0.5) is 0 Å². The molecule has 0 saturated carbocycles. The van der Waals surface area contributed by atoms with E-state index < -0.39 is 0 Å². The molecule has 0 aliphatic carbocycles. The summed E-state index contributed by atoms with van der Waals surface area (Å²) >= 11 is 3.58. The summed E-state index contributed by atoms with van der Waals surface area (Å²) in [5, 5.41) is 0. The second kappa shape index (κ2) is 5.35. The zero-order valence-electron chi connectivity index (χ0n) is 9.39. The minimum absolute atomic E-state index is 0.120. The smallest absolute Gasteiger partial charge is 0.115 e. The maximum Gasteiger partial charge on any atom is 0.115 e. The highest BCUT2D eigenvalue weighted by Gasteiger charge is 2.16. The third-order valence-corrected chi connectivity index (χ3v) is 3.70. The van der Waals surface area contributed by atoms with Crippen LogP contribution in [-0.2, 0) is 0 Å². The number of aryl methyl sites for hydroxylation is 1. The molecule has 1 unspecified atom stereocenters. The minimum Gasteiger partial charge on any atom is -0.271 e. The number of hydrazine groups is 1. The summed E-state index contributed by atoms with van der Waals surface area (Å²) < 4.78 is 1.05. The van der Waals surface area contributed by atoms with Gasteiger partial charge >= 0.3 is 0 Å². The van der Waals surface area contributed by atoms with Gasteiger partial charge in [-0.2, -0.15) is 0 Å². The molecule has 2 rings (SSSR count). The van der Waals surface area contributed by atoms with Crippen molar-refractivity contribution in [3.8, 4) is 0 Å². The van der Waals surface area contributed by atoms with Crippen molar-refractivity contribution < 1.29 is 0 Å². The molecular weight excluding hydrogens is 280 g/mol. The number of benzene rings is 1. The average molecular weight is 293 g/mol. The second-order valence-corrected chi connectivity index (χ2v) is 4.54. The van der Waals surface area contributed by atoms with Crippen molar-refractivity contribution in [1.29, 1.82) is 0 Å². The monoisotopic (exact) mass is 292 g/mol. The molecule has 0 fully saturated rings. The third-order valence-electron chi connectivity index (χ3n) is 2.61. The molecule has 1 aromatic heterocycles. The van der Waals surface area contributed by atoms with Crippen molar-refractivity contribution in [1.82, 2.24) is 15.4 Å². The number of nitrogens with two attached hydrogens (primary N) is 1. The predicted octanol–water partition coefficient (Wildman–Crippen LogP) is 2.10. The number of aromatic nitrogens is 2. The fraction of sp³-hybridized carbons (Fsp3) is 0.167. The molecule has 4 nitrogen and oxygen atoms in total. The topological polar surface area (TPSA) is 63.8 Å². The van der Waals surface area contributed by atoms with E-state index in [9.17, 15) is 0 Å². The summed E-state index contributed by atoms with van der Waals surface area (Å²) in [5.41, 5.74) is 5.96. The molecule has 17 heavy (non-hydrogen) atoms. The summed E-state index contributed by atoms with van der Waals surface area (Å²) in [5.74, 6) is 5.63. The Labute approximate surface area is 108 Å². The summed E-state index contributed by atoms with van der Waals surface area (Å²) in [6.45, 7) is 2.04. The molecule has 1 heterocycles. The maximum atomic E-state index is 5.63. The number of nitrogens with one attached hydrogen (secondary N) is 1. The highest BCUT2D eigenvalue weighted by molar-refractivity contribution is 9.10. The van der Waals surface area contributed by atoms with Crippen molar-refractivity contribution in [2.75, 3.05) is 0 Å². The first kappa shape index (κ1) is 12.2. The SMILES string of the molecule is Cc1cccc(C(NN)c2cncnc2)c1Br. The first-order valence-corrected chi connectivity index (χ1v) is 5.99. The molecule has 1 aromatic carbocycles. The van der Waals surface area contributed by atoms with Crippen LogP contribution in [0.1, 0.15) is 22.7 Å². The summed E-state index contributed by atoms with van der Waals surface area (Å²) in [6.07, 6.45) is 5.01. The molecule has 0 aliphatic heterocycles. The molecule has 1 atom stereocenters. The van der Waals surface area contributed by atoms with Gasteiger partial charge in [0.2, 0.25) is 0 Å². The number of hydrogen-bond donors (Lipinski definition) is 2. The zero-order chi connectivity index (χ0) is 12.3. The van der Waals surface area contributed by atoms with Gasteiger partial charge in [0, 0.05) is 22.4 Å². The maximum absolute atomic E-state index is 5.63. The fourth-order valence-corrected chi connectivity index (χ4v) is 2.21. The summed E-state index contributed by atoms with van der Waals surface area (Å²) in [7, 11) is 0. The summed E-state index contributed by atoms with van der Waals surface area (Å²) in [6, 6.07) is 5.95. The number of halogens is 1. The lowest BCUT2D eigenvalue weighted by atomic mass is 10.0. The number of nitrogens with zero attached hydrogens (tertiary/aromatic N) is 2. The molecular formula is C12H13BrN4. The Morgan fingerprint density at radius 3 is 2.65 bits per heavy atom. The molecule has 88 valence electrons. The molecule has 0 bridgehead atoms. The van der Waals surface area contributed by atoms with Crippen LogP contribution in [0.2, 0.25) is 0 Å². The van der Waals surface area contributed by atoms with Crippen molar-refractivity contribution in [2.45, 2.75) is 13.0 Å². The van der Waals surface area contributed by atoms with Crippen LogP contribution in [0.5, 0.6) is 0 Å². The van der Waals surface area contributed by atoms with Crippen molar-refractivity contribution in [2.24, 2.45) is 5.84 Å². The Balaban J connectivity index is 2.46. The first-order chi connectivity index (χ1) is 8.24. The van der Waals surface area contributed by atoms with Crippen molar-refractivity contribution in [3.63, 3.8) is 0 Å². The van der Waals surface area contributed by atoms with Crippen LogP contribution in [-0.4, -0.2) is 9.97 Å². The van der Waals surface area contributed by atoms with Crippen LogP contribution in [0.3, 0.4) is 0 Å². The van der Waals surface area contributed by atoms with Gasteiger partial charge in [0.05, 0.1) is 6.04 Å². The normalized spacial score (nSPS) is 12.4. The minimum atomic E-state index is -0.120. The van der Waals surface area contributed by atoms with Gasteiger partial charge in [0.15, 0.2) is 0 Å². The van der Waals surface area contributed by atoms with Gasteiger partial charge in [-0.05, 0) is 18.1 Å². The van der Waals surface area contributed by atoms with Crippen LogP contribution in [0, 0.1) is 6.92 Å². The number of rotatable bonds is 3. The fourth-order valence-electron chi connectivity index (χ4n) is 1.72. The molecule has 2 aromatic rings. The zero-order valence-corrected chi connectivity index (χ0v) is 11.0. The van der Waals surface area contributed by atoms with Gasteiger partial charge in [0.1, 0.15) is 6.33 Å². The average Bonchev–Trinajstić information content (AvgIpc) is 2.37. The van der Waals surface area contributed by atoms with E-state index in [4.69, 9.17) is 5.84 Å².